The molecule has 0 saturated heterocycles. The minimum absolute atomic E-state index is 0.231. The fraction of sp³-hybridized carbons (Fsp3) is 0.611. The Morgan fingerprint density at radius 3 is 2.71 bits per heavy atom. The Kier molecular flexibility index (Phi) is 4.29. The van der Waals surface area contributed by atoms with Crippen molar-refractivity contribution in [2.45, 2.75) is 57.0 Å². The van der Waals surface area contributed by atoms with Gasteiger partial charge in [-0.2, -0.15) is 0 Å². The SMILES string of the molecule is CN(C(=O)C[C@@H]1CCC[C@H]1N)C1CCc2ccccc2C1. The van der Waals surface area contributed by atoms with E-state index in [1.54, 1.807) is 0 Å². The van der Waals surface area contributed by atoms with Gasteiger partial charge in [-0.25, -0.2) is 0 Å². The van der Waals surface area contributed by atoms with Crippen LogP contribution in [-0.4, -0.2) is 29.9 Å². The second-order valence-electron chi connectivity index (χ2n) is 6.73. The van der Waals surface area contributed by atoms with Crippen molar-refractivity contribution < 1.29 is 4.79 Å². The molecule has 2 N–H and O–H groups in total. The van der Waals surface area contributed by atoms with Crippen molar-refractivity contribution in [2.24, 2.45) is 11.7 Å². The predicted molar refractivity (Wildman–Crippen MR) is 85.0 cm³/mol. The molecule has 3 nitrogen and oxygen atoms in total. The number of carbonyl (C=O) groups excluding carboxylic acids is 1. The van der Waals surface area contributed by atoms with E-state index in [2.05, 4.69) is 24.3 Å². The van der Waals surface area contributed by atoms with Crippen molar-refractivity contribution in [1.82, 2.24) is 4.90 Å². The Labute approximate surface area is 127 Å². The molecule has 0 bridgehead atoms. The summed E-state index contributed by atoms with van der Waals surface area (Å²) in [7, 11) is 1.97. The lowest BCUT2D eigenvalue weighted by Gasteiger charge is -2.33. The van der Waals surface area contributed by atoms with E-state index in [1.807, 2.05) is 11.9 Å². The molecule has 1 fully saturated rings. The van der Waals surface area contributed by atoms with Crippen LogP contribution in [-0.2, 0) is 17.6 Å². The van der Waals surface area contributed by atoms with E-state index in [-0.39, 0.29) is 11.9 Å². The van der Waals surface area contributed by atoms with Crippen LogP contribution in [0.3, 0.4) is 0 Å². The molecule has 2 aliphatic carbocycles. The molecule has 1 amide bonds. The van der Waals surface area contributed by atoms with Gasteiger partial charge in [0.05, 0.1) is 0 Å². The van der Waals surface area contributed by atoms with Gasteiger partial charge < -0.3 is 10.6 Å². The number of carbonyl (C=O) groups is 1. The van der Waals surface area contributed by atoms with Crippen LogP contribution < -0.4 is 5.73 Å². The van der Waals surface area contributed by atoms with Gasteiger partial charge in [0.1, 0.15) is 0 Å². The van der Waals surface area contributed by atoms with Crippen LogP contribution in [0.4, 0.5) is 0 Å². The summed E-state index contributed by atoms with van der Waals surface area (Å²) in [5, 5.41) is 0. The van der Waals surface area contributed by atoms with Crippen molar-refractivity contribution in [3.8, 4) is 0 Å². The molecular formula is C18H26N2O. The van der Waals surface area contributed by atoms with Gasteiger partial charge in [-0.05, 0) is 49.1 Å². The Balaban J connectivity index is 1.60. The van der Waals surface area contributed by atoms with Crippen molar-refractivity contribution >= 4 is 5.91 Å². The smallest absolute Gasteiger partial charge is 0.222 e. The summed E-state index contributed by atoms with van der Waals surface area (Å²) in [6.07, 6.45) is 7.18. The Hall–Kier alpha value is -1.35. The van der Waals surface area contributed by atoms with Crippen LogP contribution in [0.2, 0.25) is 0 Å². The van der Waals surface area contributed by atoms with Crippen LogP contribution in [0.1, 0.15) is 43.2 Å². The summed E-state index contributed by atoms with van der Waals surface area (Å²) in [6, 6.07) is 9.20. The van der Waals surface area contributed by atoms with E-state index in [0.717, 1.165) is 32.1 Å². The van der Waals surface area contributed by atoms with Crippen LogP contribution >= 0.6 is 0 Å². The number of fused-ring (bicyclic) bond motifs is 1. The van der Waals surface area contributed by atoms with Gasteiger partial charge in [-0.1, -0.05) is 30.7 Å². The molecule has 1 unspecified atom stereocenters. The number of hydrogen-bond acceptors (Lipinski definition) is 2. The minimum Gasteiger partial charge on any atom is -0.342 e. The normalized spacial score (nSPS) is 28.2. The summed E-state index contributed by atoms with van der Waals surface area (Å²) < 4.78 is 0. The average Bonchev–Trinajstić information content (AvgIpc) is 2.91. The van der Waals surface area contributed by atoms with Crippen LogP contribution in [0, 0.1) is 5.92 Å². The molecule has 3 atom stereocenters. The first-order valence-electron chi connectivity index (χ1n) is 8.23. The maximum absolute atomic E-state index is 12.5. The molecule has 0 aliphatic heterocycles. The van der Waals surface area contributed by atoms with Crippen LogP contribution in [0.5, 0.6) is 0 Å². The number of likely N-dealkylation sites (N-methyl/N-ethyl adjacent to an activating group) is 1. The van der Waals surface area contributed by atoms with Gasteiger partial charge in [0, 0.05) is 25.6 Å². The zero-order valence-electron chi connectivity index (χ0n) is 12.9. The molecule has 0 spiro atoms. The van der Waals surface area contributed by atoms with E-state index in [9.17, 15) is 4.79 Å². The molecule has 1 saturated carbocycles. The summed E-state index contributed by atoms with van der Waals surface area (Å²) in [4.78, 5) is 14.5. The first-order valence-corrected chi connectivity index (χ1v) is 8.23. The van der Waals surface area contributed by atoms with E-state index < -0.39 is 0 Å². The molecule has 3 heteroatoms. The summed E-state index contributed by atoms with van der Waals surface area (Å²) in [6.45, 7) is 0. The van der Waals surface area contributed by atoms with Crippen molar-refractivity contribution in [3.05, 3.63) is 35.4 Å². The molecule has 0 aromatic heterocycles. The van der Waals surface area contributed by atoms with Gasteiger partial charge in [-0.15, -0.1) is 0 Å². The highest BCUT2D eigenvalue weighted by Crippen LogP contribution is 2.29. The number of rotatable bonds is 3. The minimum atomic E-state index is 0.231. The van der Waals surface area contributed by atoms with E-state index in [0.29, 0.717) is 18.4 Å². The number of nitrogens with two attached hydrogens (primary N) is 1. The number of amides is 1. The zero-order chi connectivity index (χ0) is 14.8. The maximum Gasteiger partial charge on any atom is 0.222 e. The third-order valence-electron chi connectivity index (χ3n) is 5.42. The molecule has 0 heterocycles. The fourth-order valence-corrected chi connectivity index (χ4v) is 3.90. The topological polar surface area (TPSA) is 46.3 Å². The third-order valence-corrected chi connectivity index (χ3v) is 5.42. The molecule has 21 heavy (non-hydrogen) atoms. The molecule has 1 aromatic rings. The monoisotopic (exact) mass is 286 g/mol. The first-order chi connectivity index (χ1) is 10.1. The number of benzene rings is 1. The lowest BCUT2D eigenvalue weighted by Crippen LogP contribution is -2.42. The van der Waals surface area contributed by atoms with Crippen LogP contribution in [0.15, 0.2) is 24.3 Å². The predicted octanol–water partition coefficient (Wildman–Crippen LogP) is 2.52. The van der Waals surface area contributed by atoms with E-state index in [1.165, 1.54) is 17.5 Å². The number of hydrogen-bond donors (Lipinski definition) is 1. The standard InChI is InChI=1S/C18H26N2O/c1-20(18(21)12-15-7-4-8-17(15)19)16-10-9-13-5-2-3-6-14(13)11-16/h2-3,5-6,15-17H,4,7-12,19H2,1H3/t15-,16?,17+/m0/s1. The molecular weight excluding hydrogens is 260 g/mol. The molecule has 2 aliphatic rings. The lowest BCUT2D eigenvalue weighted by atomic mass is 9.87. The Morgan fingerprint density at radius 2 is 2.00 bits per heavy atom. The molecule has 114 valence electrons. The largest absolute Gasteiger partial charge is 0.342 e. The average molecular weight is 286 g/mol. The van der Waals surface area contributed by atoms with Gasteiger partial charge in [-0.3, -0.25) is 4.79 Å². The molecule has 0 radical (unpaired) electrons. The lowest BCUT2D eigenvalue weighted by molar-refractivity contribution is -0.133. The number of aryl methyl sites for hydroxylation is 1. The zero-order valence-corrected chi connectivity index (χ0v) is 12.9. The van der Waals surface area contributed by atoms with Crippen molar-refractivity contribution in [2.75, 3.05) is 7.05 Å². The van der Waals surface area contributed by atoms with Crippen LogP contribution in [0.25, 0.3) is 0 Å². The second-order valence-corrected chi connectivity index (χ2v) is 6.73. The second kappa shape index (κ2) is 6.18. The highest BCUT2D eigenvalue weighted by Gasteiger charge is 2.30. The third kappa shape index (κ3) is 3.13. The highest BCUT2D eigenvalue weighted by molar-refractivity contribution is 5.76. The van der Waals surface area contributed by atoms with Gasteiger partial charge in [0.2, 0.25) is 5.91 Å². The Morgan fingerprint density at radius 1 is 1.24 bits per heavy atom. The fourth-order valence-electron chi connectivity index (χ4n) is 3.90. The quantitative estimate of drug-likeness (QED) is 0.928. The van der Waals surface area contributed by atoms with E-state index >= 15 is 0 Å². The Bertz CT molecular complexity index is 514. The summed E-state index contributed by atoms with van der Waals surface area (Å²) in [5.41, 5.74) is 8.96. The van der Waals surface area contributed by atoms with Gasteiger partial charge in [0.15, 0.2) is 0 Å². The maximum atomic E-state index is 12.5. The van der Waals surface area contributed by atoms with E-state index in [4.69, 9.17) is 5.73 Å². The highest BCUT2D eigenvalue weighted by atomic mass is 16.2. The van der Waals surface area contributed by atoms with Crippen molar-refractivity contribution in [1.29, 1.82) is 0 Å². The number of nitrogens with zero attached hydrogens (tertiary/aromatic N) is 1. The van der Waals surface area contributed by atoms with Gasteiger partial charge >= 0.3 is 0 Å². The molecule has 3 rings (SSSR count). The molecule has 1 aromatic carbocycles. The van der Waals surface area contributed by atoms with Gasteiger partial charge in [0.25, 0.3) is 0 Å². The first kappa shape index (κ1) is 14.6. The summed E-state index contributed by atoms with van der Waals surface area (Å²) >= 11 is 0. The van der Waals surface area contributed by atoms with Crippen molar-refractivity contribution in [3.63, 3.8) is 0 Å². The summed E-state index contributed by atoms with van der Waals surface area (Å²) in [5.74, 6) is 0.678.